The Morgan fingerprint density at radius 1 is 1.22 bits per heavy atom. The molecule has 0 bridgehead atoms. The van der Waals surface area contributed by atoms with Crippen LogP contribution in [0.5, 0.6) is 5.75 Å². The Balaban J connectivity index is 2.08. The molecule has 18 heavy (non-hydrogen) atoms. The number of aryl methyl sites for hydroxylation is 1. The molecular weight excluding hydrogens is 226 g/mol. The lowest BCUT2D eigenvalue weighted by Gasteiger charge is -2.03. The van der Waals surface area contributed by atoms with Gasteiger partial charge in [-0.2, -0.15) is 5.10 Å². The quantitative estimate of drug-likeness (QED) is 0.849. The number of rotatable bonds is 6. The molecule has 0 aliphatic rings. The van der Waals surface area contributed by atoms with Crippen molar-refractivity contribution in [1.82, 2.24) is 9.78 Å². The fourth-order valence-corrected chi connectivity index (χ4v) is 1.80. The van der Waals surface area contributed by atoms with E-state index in [0.717, 1.165) is 29.8 Å². The molecule has 1 aromatic heterocycles. The number of hydrogen-bond donors (Lipinski definition) is 1. The summed E-state index contributed by atoms with van der Waals surface area (Å²) in [5.74, 6) is 0.900. The molecule has 0 fully saturated rings. The van der Waals surface area contributed by atoms with Crippen molar-refractivity contribution < 1.29 is 4.74 Å². The topological polar surface area (TPSA) is 53.1 Å². The van der Waals surface area contributed by atoms with Crippen molar-refractivity contribution in [2.24, 2.45) is 5.73 Å². The van der Waals surface area contributed by atoms with Gasteiger partial charge in [0.15, 0.2) is 0 Å². The first kappa shape index (κ1) is 12.6. The minimum Gasteiger partial charge on any atom is -0.494 e. The molecule has 1 heterocycles. The van der Waals surface area contributed by atoms with E-state index in [1.807, 2.05) is 36.1 Å². The molecule has 4 nitrogen and oxygen atoms in total. The van der Waals surface area contributed by atoms with Crippen molar-refractivity contribution in [2.75, 3.05) is 13.2 Å². The van der Waals surface area contributed by atoms with Crippen LogP contribution in [-0.4, -0.2) is 22.9 Å². The van der Waals surface area contributed by atoms with Crippen LogP contribution in [0, 0.1) is 0 Å². The SMILES string of the molecule is CCOc1ccc(-c2cnn(CCCN)c2)cc1. The summed E-state index contributed by atoms with van der Waals surface area (Å²) >= 11 is 0. The van der Waals surface area contributed by atoms with E-state index < -0.39 is 0 Å². The van der Waals surface area contributed by atoms with E-state index in [9.17, 15) is 0 Å². The summed E-state index contributed by atoms with van der Waals surface area (Å²) in [6.45, 7) is 4.23. The standard InChI is InChI=1S/C14H19N3O/c1-2-18-14-6-4-12(5-7-14)13-10-16-17(11-13)9-3-8-15/h4-7,10-11H,2-3,8-9,15H2,1H3. The molecule has 0 radical (unpaired) electrons. The second kappa shape index (κ2) is 6.21. The summed E-state index contributed by atoms with van der Waals surface area (Å²) in [5, 5.41) is 4.32. The van der Waals surface area contributed by atoms with E-state index >= 15 is 0 Å². The van der Waals surface area contributed by atoms with E-state index in [1.54, 1.807) is 0 Å². The van der Waals surface area contributed by atoms with Gasteiger partial charge in [-0.1, -0.05) is 12.1 Å². The number of benzene rings is 1. The summed E-state index contributed by atoms with van der Waals surface area (Å²) in [5.41, 5.74) is 7.76. The molecule has 0 saturated heterocycles. The monoisotopic (exact) mass is 245 g/mol. The van der Waals surface area contributed by atoms with Crippen LogP contribution in [0.3, 0.4) is 0 Å². The van der Waals surface area contributed by atoms with Gasteiger partial charge >= 0.3 is 0 Å². The van der Waals surface area contributed by atoms with Crippen molar-refractivity contribution in [2.45, 2.75) is 19.9 Å². The van der Waals surface area contributed by atoms with Gasteiger partial charge in [0.2, 0.25) is 0 Å². The van der Waals surface area contributed by atoms with Gasteiger partial charge in [0.05, 0.1) is 12.8 Å². The van der Waals surface area contributed by atoms with Gasteiger partial charge in [-0.05, 0) is 37.6 Å². The first-order valence-corrected chi connectivity index (χ1v) is 6.29. The predicted octanol–water partition coefficient (Wildman–Crippen LogP) is 2.30. The van der Waals surface area contributed by atoms with Gasteiger partial charge in [0.1, 0.15) is 5.75 Å². The highest BCUT2D eigenvalue weighted by atomic mass is 16.5. The average molecular weight is 245 g/mol. The zero-order chi connectivity index (χ0) is 12.8. The first-order valence-electron chi connectivity index (χ1n) is 6.29. The van der Waals surface area contributed by atoms with E-state index in [4.69, 9.17) is 10.5 Å². The van der Waals surface area contributed by atoms with E-state index in [-0.39, 0.29) is 0 Å². The zero-order valence-corrected chi connectivity index (χ0v) is 10.7. The van der Waals surface area contributed by atoms with Crippen molar-refractivity contribution in [3.05, 3.63) is 36.7 Å². The van der Waals surface area contributed by atoms with Crippen LogP contribution < -0.4 is 10.5 Å². The molecule has 2 rings (SSSR count). The van der Waals surface area contributed by atoms with Gasteiger partial charge < -0.3 is 10.5 Å². The van der Waals surface area contributed by atoms with Crippen LogP contribution in [0.25, 0.3) is 11.1 Å². The zero-order valence-electron chi connectivity index (χ0n) is 10.7. The Hall–Kier alpha value is -1.81. The van der Waals surface area contributed by atoms with Gasteiger partial charge in [-0.25, -0.2) is 0 Å². The van der Waals surface area contributed by atoms with Gasteiger partial charge in [0, 0.05) is 18.3 Å². The predicted molar refractivity (Wildman–Crippen MR) is 72.5 cm³/mol. The van der Waals surface area contributed by atoms with Gasteiger partial charge in [0.25, 0.3) is 0 Å². The fraction of sp³-hybridized carbons (Fsp3) is 0.357. The van der Waals surface area contributed by atoms with Gasteiger partial charge in [-0.3, -0.25) is 4.68 Å². The molecule has 96 valence electrons. The molecule has 0 aliphatic heterocycles. The molecule has 0 saturated carbocycles. The summed E-state index contributed by atoms with van der Waals surface area (Å²) in [6.07, 6.45) is 4.88. The molecule has 0 aliphatic carbocycles. The van der Waals surface area contributed by atoms with Crippen LogP contribution in [-0.2, 0) is 6.54 Å². The van der Waals surface area contributed by atoms with Crippen molar-refractivity contribution in [3.8, 4) is 16.9 Å². The Morgan fingerprint density at radius 3 is 2.67 bits per heavy atom. The van der Waals surface area contributed by atoms with Crippen molar-refractivity contribution >= 4 is 0 Å². The Morgan fingerprint density at radius 2 is 2.00 bits per heavy atom. The van der Waals surface area contributed by atoms with Crippen LogP contribution in [0.15, 0.2) is 36.7 Å². The van der Waals surface area contributed by atoms with Crippen molar-refractivity contribution in [1.29, 1.82) is 0 Å². The molecule has 0 spiro atoms. The number of hydrogen-bond acceptors (Lipinski definition) is 3. The van der Waals surface area contributed by atoms with Crippen LogP contribution in [0.4, 0.5) is 0 Å². The smallest absolute Gasteiger partial charge is 0.119 e. The third-order valence-electron chi connectivity index (χ3n) is 2.72. The molecule has 1 aromatic carbocycles. The summed E-state index contributed by atoms with van der Waals surface area (Å²) < 4.78 is 7.35. The summed E-state index contributed by atoms with van der Waals surface area (Å²) in [4.78, 5) is 0. The summed E-state index contributed by atoms with van der Waals surface area (Å²) in [7, 11) is 0. The molecular formula is C14H19N3O. The maximum atomic E-state index is 5.48. The third kappa shape index (κ3) is 3.11. The second-order valence-electron chi connectivity index (χ2n) is 4.09. The number of ether oxygens (including phenoxy) is 1. The number of aromatic nitrogens is 2. The molecule has 0 unspecified atom stereocenters. The minimum absolute atomic E-state index is 0.691. The maximum absolute atomic E-state index is 5.48. The Labute approximate surface area is 107 Å². The molecule has 0 amide bonds. The van der Waals surface area contributed by atoms with Gasteiger partial charge in [-0.15, -0.1) is 0 Å². The normalized spacial score (nSPS) is 10.6. The first-order chi connectivity index (χ1) is 8.83. The summed E-state index contributed by atoms with van der Waals surface area (Å²) in [6, 6.07) is 8.07. The number of nitrogens with two attached hydrogens (primary N) is 1. The van der Waals surface area contributed by atoms with Crippen LogP contribution in [0.1, 0.15) is 13.3 Å². The molecule has 0 atom stereocenters. The average Bonchev–Trinajstić information content (AvgIpc) is 2.86. The lowest BCUT2D eigenvalue weighted by Crippen LogP contribution is -2.05. The van der Waals surface area contributed by atoms with E-state index in [1.165, 1.54) is 0 Å². The molecule has 4 heteroatoms. The minimum atomic E-state index is 0.691. The second-order valence-corrected chi connectivity index (χ2v) is 4.09. The maximum Gasteiger partial charge on any atom is 0.119 e. The van der Waals surface area contributed by atoms with E-state index in [2.05, 4.69) is 17.2 Å². The highest BCUT2D eigenvalue weighted by Gasteiger charge is 2.02. The highest BCUT2D eigenvalue weighted by molar-refractivity contribution is 5.62. The van der Waals surface area contributed by atoms with E-state index in [0.29, 0.717) is 13.2 Å². The largest absolute Gasteiger partial charge is 0.494 e. The highest BCUT2D eigenvalue weighted by Crippen LogP contribution is 2.21. The van der Waals surface area contributed by atoms with Crippen LogP contribution in [0.2, 0.25) is 0 Å². The fourth-order valence-electron chi connectivity index (χ4n) is 1.80. The lowest BCUT2D eigenvalue weighted by atomic mass is 10.1. The Bertz CT molecular complexity index is 476. The number of nitrogens with zero attached hydrogens (tertiary/aromatic N) is 2. The van der Waals surface area contributed by atoms with Crippen LogP contribution >= 0.6 is 0 Å². The molecule has 2 aromatic rings. The van der Waals surface area contributed by atoms with Crippen molar-refractivity contribution in [3.63, 3.8) is 0 Å². The third-order valence-corrected chi connectivity index (χ3v) is 2.72. The lowest BCUT2D eigenvalue weighted by molar-refractivity contribution is 0.340. The Kier molecular flexibility index (Phi) is 4.36. The molecule has 2 N–H and O–H groups in total.